The fraction of sp³-hybridized carbons (Fsp3) is 0.600. The zero-order valence-electron chi connectivity index (χ0n) is 15.4. The van der Waals surface area contributed by atoms with E-state index in [4.69, 9.17) is 12.2 Å². The van der Waals surface area contributed by atoms with E-state index in [1.807, 2.05) is 0 Å². The maximum Gasteiger partial charge on any atom is 0.226 e. The van der Waals surface area contributed by atoms with E-state index in [9.17, 15) is 4.79 Å². The van der Waals surface area contributed by atoms with Gasteiger partial charge in [-0.1, -0.05) is 12.5 Å². The van der Waals surface area contributed by atoms with Crippen molar-refractivity contribution in [3.8, 4) is 0 Å². The van der Waals surface area contributed by atoms with E-state index in [-0.39, 0.29) is 6.04 Å². The lowest BCUT2D eigenvalue weighted by Crippen LogP contribution is -2.55. The summed E-state index contributed by atoms with van der Waals surface area (Å²) in [5, 5.41) is 2.48. The van der Waals surface area contributed by atoms with Crippen molar-refractivity contribution in [2.24, 2.45) is 10.9 Å². The third-order valence-electron chi connectivity index (χ3n) is 5.64. The number of carbonyl (C=O) groups excluding carboxylic acids is 1. The van der Waals surface area contributed by atoms with Crippen molar-refractivity contribution in [1.82, 2.24) is 9.80 Å². The highest BCUT2D eigenvalue weighted by molar-refractivity contribution is 7.78. The Labute approximate surface area is 155 Å². The number of hydrogen-bond donors (Lipinski definition) is 0. The lowest BCUT2D eigenvalue weighted by molar-refractivity contribution is -0.142. The fourth-order valence-electron chi connectivity index (χ4n) is 3.88. The van der Waals surface area contributed by atoms with Crippen LogP contribution >= 0.6 is 12.2 Å². The molecule has 4 nitrogen and oxygen atoms in total. The highest BCUT2D eigenvalue weighted by Crippen LogP contribution is 2.30. The van der Waals surface area contributed by atoms with Gasteiger partial charge in [0.2, 0.25) is 5.91 Å². The molecule has 1 heterocycles. The molecular weight excluding hydrogens is 330 g/mol. The maximum atomic E-state index is 12.5. The van der Waals surface area contributed by atoms with E-state index in [1.165, 1.54) is 23.1 Å². The molecule has 1 amide bonds. The number of isothiocyanates is 1. The van der Waals surface area contributed by atoms with Crippen molar-refractivity contribution < 1.29 is 4.79 Å². The summed E-state index contributed by atoms with van der Waals surface area (Å²) >= 11 is 4.77. The quantitative estimate of drug-likeness (QED) is 0.606. The minimum absolute atomic E-state index is 0.283. The second-order valence-corrected chi connectivity index (χ2v) is 7.70. The second-order valence-electron chi connectivity index (χ2n) is 7.51. The Morgan fingerprint density at radius 2 is 2.08 bits per heavy atom. The molecule has 1 saturated heterocycles. The molecule has 0 N–H and O–H groups in total. The van der Waals surface area contributed by atoms with Crippen molar-refractivity contribution in [2.75, 3.05) is 19.6 Å². The number of aliphatic imine (C=N–C) groups is 1. The molecule has 1 aliphatic heterocycles. The van der Waals surface area contributed by atoms with E-state index in [0.29, 0.717) is 11.8 Å². The first kappa shape index (κ1) is 18.2. The number of thiocarbonyl (C=S) groups is 1. The van der Waals surface area contributed by atoms with Gasteiger partial charge >= 0.3 is 0 Å². The van der Waals surface area contributed by atoms with Gasteiger partial charge in [0.05, 0.1) is 10.8 Å². The van der Waals surface area contributed by atoms with E-state index in [1.54, 1.807) is 0 Å². The third kappa shape index (κ3) is 4.00. The number of piperazine rings is 1. The first-order valence-electron chi connectivity index (χ1n) is 9.20. The molecule has 2 fully saturated rings. The summed E-state index contributed by atoms with van der Waals surface area (Å²) in [6.07, 6.45) is 3.37. The molecule has 0 aromatic heterocycles. The van der Waals surface area contributed by atoms with Crippen LogP contribution in [-0.4, -0.2) is 46.5 Å². The topological polar surface area (TPSA) is 35.9 Å². The number of amides is 1. The SMILES string of the molecule is Cc1cc(CN2CCN(C(=O)C3CCC3)[C@@H](C)C2)c(C)c(N=C=S)c1. The fourth-order valence-corrected chi connectivity index (χ4v) is 3.98. The number of benzene rings is 1. The number of aryl methyl sites for hydroxylation is 1. The van der Waals surface area contributed by atoms with Gasteiger partial charge in [-0.05, 0) is 68.6 Å². The van der Waals surface area contributed by atoms with Crippen molar-refractivity contribution in [3.05, 3.63) is 28.8 Å². The molecule has 0 unspecified atom stereocenters. The van der Waals surface area contributed by atoms with Gasteiger partial charge in [0, 0.05) is 38.1 Å². The van der Waals surface area contributed by atoms with Gasteiger partial charge in [0.15, 0.2) is 0 Å². The lowest BCUT2D eigenvalue weighted by atomic mass is 9.84. The molecular formula is C20H27N3OS. The predicted molar refractivity (Wildman–Crippen MR) is 104 cm³/mol. The summed E-state index contributed by atoms with van der Waals surface area (Å²) < 4.78 is 0. The summed E-state index contributed by atoms with van der Waals surface area (Å²) in [5.74, 6) is 0.672. The number of carbonyl (C=O) groups is 1. The Kier molecular flexibility index (Phi) is 5.67. The minimum atomic E-state index is 0.283. The first-order chi connectivity index (χ1) is 12.0. The highest BCUT2D eigenvalue weighted by atomic mass is 32.1. The summed E-state index contributed by atoms with van der Waals surface area (Å²) in [6, 6.07) is 4.56. The number of nitrogens with zero attached hydrogens (tertiary/aromatic N) is 3. The first-order valence-corrected chi connectivity index (χ1v) is 9.61. The molecule has 3 rings (SSSR count). The highest BCUT2D eigenvalue weighted by Gasteiger charge is 2.34. The van der Waals surface area contributed by atoms with Crippen LogP contribution in [-0.2, 0) is 11.3 Å². The zero-order chi connectivity index (χ0) is 18.0. The van der Waals surface area contributed by atoms with Gasteiger partial charge in [0.25, 0.3) is 0 Å². The Morgan fingerprint density at radius 3 is 2.68 bits per heavy atom. The standard InChI is InChI=1S/C20H27N3OS/c1-14-9-18(16(3)19(10-14)21-13-25)12-22-7-8-23(15(2)11-22)20(24)17-5-4-6-17/h9-10,15,17H,4-8,11-12H2,1-3H3/t15-/m0/s1. The zero-order valence-corrected chi connectivity index (χ0v) is 16.2. The van der Waals surface area contributed by atoms with E-state index >= 15 is 0 Å². The van der Waals surface area contributed by atoms with E-state index < -0.39 is 0 Å². The molecule has 1 aliphatic carbocycles. The molecule has 0 radical (unpaired) electrons. The largest absolute Gasteiger partial charge is 0.337 e. The Morgan fingerprint density at radius 1 is 1.32 bits per heavy atom. The minimum Gasteiger partial charge on any atom is -0.337 e. The van der Waals surface area contributed by atoms with Gasteiger partial charge in [-0.3, -0.25) is 9.69 Å². The molecule has 25 heavy (non-hydrogen) atoms. The smallest absolute Gasteiger partial charge is 0.226 e. The van der Waals surface area contributed by atoms with Crippen molar-refractivity contribution in [3.63, 3.8) is 0 Å². The number of rotatable bonds is 4. The number of hydrogen-bond acceptors (Lipinski definition) is 4. The normalized spacial score (nSPS) is 21.6. The molecule has 134 valence electrons. The summed E-state index contributed by atoms with van der Waals surface area (Å²) in [7, 11) is 0. The molecule has 0 bridgehead atoms. The predicted octanol–water partition coefficient (Wildman–Crippen LogP) is 3.87. The molecule has 0 spiro atoms. The van der Waals surface area contributed by atoms with Gasteiger partial charge in [0.1, 0.15) is 0 Å². The average molecular weight is 358 g/mol. The van der Waals surface area contributed by atoms with Crippen LogP contribution in [0.25, 0.3) is 0 Å². The van der Waals surface area contributed by atoms with Crippen LogP contribution < -0.4 is 0 Å². The van der Waals surface area contributed by atoms with Gasteiger partial charge in [-0.15, -0.1) is 0 Å². The second kappa shape index (κ2) is 7.77. The molecule has 1 aromatic rings. The Balaban J connectivity index is 1.67. The van der Waals surface area contributed by atoms with E-state index in [0.717, 1.165) is 44.7 Å². The van der Waals surface area contributed by atoms with Gasteiger partial charge < -0.3 is 4.90 Å². The van der Waals surface area contributed by atoms with Crippen LogP contribution in [0.4, 0.5) is 5.69 Å². The van der Waals surface area contributed by atoms with Crippen molar-refractivity contribution in [2.45, 2.75) is 52.6 Å². The van der Waals surface area contributed by atoms with Crippen LogP contribution in [0.3, 0.4) is 0 Å². The summed E-state index contributed by atoms with van der Waals surface area (Å²) in [5.41, 5.74) is 4.56. The van der Waals surface area contributed by atoms with Crippen LogP contribution in [0.15, 0.2) is 17.1 Å². The molecule has 5 heteroatoms. The molecule has 2 aliphatic rings. The van der Waals surface area contributed by atoms with Crippen LogP contribution in [0.2, 0.25) is 0 Å². The maximum absolute atomic E-state index is 12.5. The summed E-state index contributed by atoms with van der Waals surface area (Å²) in [6.45, 7) is 9.95. The monoisotopic (exact) mass is 357 g/mol. The van der Waals surface area contributed by atoms with Crippen LogP contribution in [0.1, 0.15) is 42.9 Å². The van der Waals surface area contributed by atoms with E-state index in [2.05, 4.69) is 52.9 Å². The van der Waals surface area contributed by atoms with Crippen LogP contribution in [0, 0.1) is 19.8 Å². The molecule has 1 atom stereocenters. The Hall–Kier alpha value is -1.55. The van der Waals surface area contributed by atoms with Gasteiger partial charge in [-0.2, -0.15) is 4.99 Å². The lowest BCUT2D eigenvalue weighted by Gasteiger charge is -2.42. The van der Waals surface area contributed by atoms with Crippen molar-refractivity contribution >= 4 is 29.0 Å². The average Bonchev–Trinajstić information content (AvgIpc) is 2.50. The van der Waals surface area contributed by atoms with Crippen molar-refractivity contribution in [1.29, 1.82) is 0 Å². The Bertz CT molecular complexity index is 707. The van der Waals surface area contributed by atoms with Crippen LogP contribution in [0.5, 0.6) is 0 Å². The third-order valence-corrected chi connectivity index (χ3v) is 5.73. The molecule has 1 aromatic carbocycles. The summed E-state index contributed by atoms with van der Waals surface area (Å²) in [4.78, 5) is 21.3. The van der Waals surface area contributed by atoms with Gasteiger partial charge in [-0.25, -0.2) is 0 Å². The molecule has 1 saturated carbocycles.